The van der Waals surface area contributed by atoms with E-state index in [9.17, 15) is 0 Å². The predicted molar refractivity (Wildman–Crippen MR) is 118 cm³/mol. The van der Waals surface area contributed by atoms with Crippen LogP contribution in [0, 0.1) is 0 Å². The Hall–Kier alpha value is -1.93. The topological polar surface area (TPSA) is 57.5 Å². The van der Waals surface area contributed by atoms with Crippen LogP contribution in [0.25, 0.3) is 0 Å². The molecule has 1 fully saturated rings. The number of halogens is 2. The summed E-state index contributed by atoms with van der Waals surface area (Å²) in [7, 11) is 0. The Morgan fingerprint density at radius 3 is 2.97 bits per heavy atom. The van der Waals surface area contributed by atoms with Gasteiger partial charge in [-0.1, -0.05) is 53.5 Å². The zero-order valence-electron chi connectivity index (χ0n) is 16.8. The molecule has 0 spiro atoms. The maximum atomic E-state index is 6.53. The van der Waals surface area contributed by atoms with Gasteiger partial charge in [-0.15, -0.1) is 0 Å². The van der Waals surface area contributed by atoms with E-state index in [1.807, 2.05) is 22.9 Å². The van der Waals surface area contributed by atoms with Crippen molar-refractivity contribution in [2.75, 3.05) is 19.8 Å². The van der Waals surface area contributed by atoms with Gasteiger partial charge in [0.15, 0.2) is 0 Å². The van der Waals surface area contributed by atoms with Crippen molar-refractivity contribution in [1.82, 2.24) is 14.9 Å². The molecule has 1 N–H and O–H groups in total. The highest BCUT2D eigenvalue weighted by Crippen LogP contribution is 2.40. The number of rotatable bonds is 6. The van der Waals surface area contributed by atoms with Crippen molar-refractivity contribution in [3.63, 3.8) is 0 Å². The third-order valence-corrected chi connectivity index (χ3v) is 6.21. The van der Waals surface area contributed by atoms with E-state index in [2.05, 4.69) is 28.5 Å². The van der Waals surface area contributed by atoms with Gasteiger partial charge < -0.3 is 18.8 Å². The minimum atomic E-state index is -1.05. The molecule has 2 aromatic carbocycles. The summed E-state index contributed by atoms with van der Waals surface area (Å²) in [5.41, 5.74) is 3.23. The van der Waals surface area contributed by atoms with E-state index in [4.69, 9.17) is 37.4 Å². The highest BCUT2D eigenvalue weighted by atomic mass is 35.5. The lowest BCUT2D eigenvalue weighted by Gasteiger charge is -2.30. The second kappa shape index (κ2) is 8.90. The molecule has 31 heavy (non-hydrogen) atoms. The van der Waals surface area contributed by atoms with Crippen molar-refractivity contribution >= 4 is 23.2 Å². The Labute approximate surface area is 191 Å². The highest BCUT2D eigenvalue weighted by molar-refractivity contribution is 6.35. The lowest BCUT2D eigenvalue weighted by atomic mass is 10.00. The van der Waals surface area contributed by atoms with Crippen molar-refractivity contribution in [2.24, 2.45) is 0 Å². The van der Waals surface area contributed by atoms with Crippen LogP contribution in [0.4, 0.5) is 0 Å². The predicted octanol–water partition coefficient (Wildman–Crippen LogP) is 4.32. The van der Waals surface area contributed by atoms with Gasteiger partial charge in [0.1, 0.15) is 12.3 Å². The van der Waals surface area contributed by atoms with E-state index in [1.165, 1.54) is 11.1 Å². The van der Waals surface area contributed by atoms with Crippen LogP contribution in [0.2, 0.25) is 10.0 Å². The van der Waals surface area contributed by atoms with Crippen LogP contribution in [0.15, 0.2) is 61.2 Å². The van der Waals surface area contributed by atoms with Crippen LogP contribution in [0.1, 0.15) is 22.9 Å². The first kappa shape index (κ1) is 20.9. The van der Waals surface area contributed by atoms with Crippen LogP contribution in [0.5, 0.6) is 0 Å². The van der Waals surface area contributed by atoms with Crippen molar-refractivity contribution < 1.29 is 14.2 Å². The van der Waals surface area contributed by atoms with Gasteiger partial charge in [0.2, 0.25) is 5.79 Å². The number of aromatic nitrogens is 2. The van der Waals surface area contributed by atoms with Crippen molar-refractivity contribution in [1.29, 1.82) is 0 Å². The van der Waals surface area contributed by atoms with Crippen molar-refractivity contribution in [2.45, 2.75) is 31.1 Å². The average molecular weight is 460 g/mol. The number of nitrogens with one attached hydrogen (secondary N) is 1. The molecule has 5 rings (SSSR count). The molecule has 2 aliphatic rings. The Bertz CT molecular complexity index is 1050. The number of imidazole rings is 1. The molecule has 162 valence electrons. The molecule has 0 radical (unpaired) electrons. The van der Waals surface area contributed by atoms with E-state index in [0.29, 0.717) is 29.8 Å². The lowest BCUT2D eigenvalue weighted by molar-refractivity contribution is -0.193. The quantitative estimate of drug-likeness (QED) is 0.594. The molecule has 0 amide bonds. The average Bonchev–Trinajstić information content (AvgIpc) is 3.43. The molecule has 8 heteroatoms. The SMILES string of the molecule is Clc1ccc(C2(Cn3ccnc3)OCC(COC3NCCc4ccccc43)O2)c(Cl)c1. The fourth-order valence-corrected chi connectivity index (χ4v) is 4.75. The zero-order chi connectivity index (χ0) is 21.3. The van der Waals surface area contributed by atoms with E-state index in [-0.39, 0.29) is 12.3 Å². The lowest BCUT2D eigenvalue weighted by Crippen LogP contribution is -2.36. The molecule has 6 nitrogen and oxygen atoms in total. The maximum absolute atomic E-state index is 6.53. The Morgan fingerprint density at radius 2 is 2.13 bits per heavy atom. The monoisotopic (exact) mass is 459 g/mol. The number of ether oxygens (including phenoxy) is 3. The van der Waals surface area contributed by atoms with E-state index in [1.54, 1.807) is 24.7 Å². The first-order valence-corrected chi connectivity index (χ1v) is 11.0. The minimum absolute atomic E-state index is 0.156. The van der Waals surface area contributed by atoms with Gasteiger partial charge in [-0.3, -0.25) is 5.32 Å². The molecule has 0 bridgehead atoms. The van der Waals surface area contributed by atoms with Gasteiger partial charge in [0.25, 0.3) is 0 Å². The number of hydrogen-bond acceptors (Lipinski definition) is 5. The summed E-state index contributed by atoms with van der Waals surface area (Å²) >= 11 is 12.6. The van der Waals surface area contributed by atoms with Crippen LogP contribution in [-0.2, 0) is 33.0 Å². The second-order valence-electron chi connectivity index (χ2n) is 7.78. The fourth-order valence-electron chi connectivity index (χ4n) is 4.19. The molecule has 3 atom stereocenters. The largest absolute Gasteiger partial charge is 0.356 e. The van der Waals surface area contributed by atoms with Crippen LogP contribution in [0.3, 0.4) is 0 Å². The van der Waals surface area contributed by atoms with Crippen LogP contribution < -0.4 is 5.32 Å². The van der Waals surface area contributed by atoms with Crippen molar-refractivity contribution in [3.05, 3.63) is 87.9 Å². The summed E-state index contributed by atoms with van der Waals surface area (Å²) in [4.78, 5) is 4.13. The van der Waals surface area contributed by atoms with E-state index in [0.717, 1.165) is 18.5 Å². The molecule has 0 aliphatic carbocycles. The van der Waals surface area contributed by atoms with E-state index < -0.39 is 5.79 Å². The molecular formula is C23H23Cl2N3O3. The summed E-state index contributed by atoms with van der Waals surface area (Å²) in [5, 5.41) is 4.50. The first-order chi connectivity index (χ1) is 15.1. The molecule has 2 aliphatic heterocycles. The Morgan fingerprint density at radius 1 is 1.23 bits per heavy atom. The van der Waals surface area contributed by atoms with E-state index >= 15 is 0 Å². The second-order valence-corrected chi connectivity index (χ2v) is 8.62. The molecule has 0 saturated carbocycles. The Balaban J connectivity index is 1.34. The molecule has 1 saturated heterocycles. The third kappa shape index (κ3) is 4.37. The molecule has 3 aromatic rings. The van der Waals surface area contributed by atoms with Gasteiger partial charge in [-0.25, -0.2) is 4.98 Å². The molecule has 3 unspecified atom stereocenters. The zero-order valence-corrected chi connectivity index (χ0v) is 18.4. The van der Waals surface area contributed by atoms with Gasteiger partial charge >= 0.3 is 0 Å². The first-order valence-electron chi connectivity index (χ1n) is 10.3. The number of fused-ring (bicyclic) bond motifs is 1. The summed E-state index contributed by atoms with van der Waals surface area (Å²) < 4.78 is 20.8. The summed E-state index contributed by atoms with van der Waals surface area (Å²) in [5.74, 6) is -1.05. The number of hydrogen-bond donors (Lipinski definition) is 1. The van der Waals surface area contributed by atoms with Gasteiger partial charge in [-0.05, 0) is 29.7 Å². The van der Waals surface area contributed by atoms with Gasteiger partial charge in [0.05, 0.1) is 31.1 Å². The van der Waals surface area contributed by atoms with Crippen LogP contribution >= 0.6 is 23.2 Å². The third-order valence-electron chi connectivity index (χ3n) is 5.66. The normalized spacial score (nSPS) is 25.5. The summed E-state index contributed by atoms with van der Waals surface area (Å²) in [6.45, 7) is 2.08. The summed E-state index contributed by atoms with van der Waals surface area (Å²) in [6.07, 6.45) is 5.92. The van der Waals surface area contributed by atoms with Gasteiger partial charge in [0, 0.05) is 29.5 Å². The smallest absolute Gasteiger partial charge is 0.215 e. The maximum Gasteiger partial charge on any atom is 0.215 e. The molecule has 1 aromatic heterocycles. The standard InChI is InChI=1S/C23H23Cl2N3O3/c24-17-5-6-20(21(25)11-17)23(14-28-10-9-26-15-28)30-13-18(31-23)12-29-22-19-4-2-1-3-16(19)7-8-27-22/h1-6,9-11,15,18,22,27H,7-8,12-14H2. The molecular weight excluding hydrogens is 437 g/mol. The number of nitrogens with zero attached hydrogens (tertiary/aromatic N) is 2. The highest BCUT2D eigenvalue weighted by Gasteiger charge is 2.45. The van der Waals surface area contributed by atoms with Crippen LogP contribution in [-0.4, -0.2) is 35.4 Å². The summed E-state index contributed by atoms with van der Waals surface area (Å²) in [6, 6.07) is 13.7. The minimum Gasteiger partial charge on any atom is -0.356 e. The Kier molecular flexibility index (Phi) is 6.01. The molecule has 3 heterocycles. The van der Waals surface area contributed by atoms with Gasteiger partial charge in [-0.2, -0.15) is 0 Å². The fraction of sp³-hybridized carbons (Fsp3) is 0.348. The number of benzene rings is 2. The van der Waals surface area contributed by atoms with Crippen molar-refractivity contribution in [3.8, 4) is 0 Å².